The molecule has 0 spiro atoms. The summed E-state index contributed by atoms with van der Waals surface area (Å²) in [6.07, 6.45) is 20.2. The Hall–Kier alpha value is 0.293. The maximum absolute atomic E-state index is 10.3. The first-order chi connectivity index (χ1) is 11.8. The van der Waals surface area contributed by atoms with Crippen LogP contribution in [0.1, 0.15) is 110 Å². The van der Waals surface area contributed by atoms with Crippen LogP contribution in [0.4, 0.5) is 0 Å². The number of rotatable bonds is 16. The SMILES string of the molecule is CCCCCCCCCCCCCCCCCC(=O)O.[Mg+2].[O-][Si]([O-])(O)O. The number of hydrogen-bond donors (Lipinski definition) is 3. The van der Waals surface area contributed by atoms with Crippen molar-refractivity contribution < 1.29 is 29.1 Å². The van der Waals surface area contributed by atoms with E-state index >= 15 is 0 Å². The number of carboxylic acid groups (broad SMARTS) is 1. The molecule has 8 heteroatoms. The quantitative estimate of drug-likeness (QED) is 0.268. The standard InChI is InChI=1S/C18H36O2.Mg.H2O4Si/c1-2-3-4-5-6-7-8-9-10-11-12-13-14-15-16-17-18(19)20;;1-5(2,3)4/h2-17H2,1H3,(H,19,20);;1-2H/q;+2;-2. The smallest absolute Gasteiger partial charge is 0.828 e. The molecular formula is C18H38MgO6Si. The minimum atomic E-state index is -5.11. The van der Waals surface area contributed by atoms with Gasteiger partial charge in [0.2, 0.25) is 0 Å². The molecule has 0 amide bonds. The molecule has 152 valence electrons. The van der Waals surface area contributed by atoms with Gasteiger partial charge in [0, 0.05) is 6.42 Å². The summed E-state index contributed by atoms with van der Waals surface area (Å²) in [4.78, 5) is 42.1. The van der Waals surface area contributed by atoms with E-state index in [1.54, 1.807) is 0 Å². The average Bonchev–Trinajstić information content (AvgIpc) is 2.49. The molecular weight excluding hydrogens is 365 g/mol. The van der Waals surface area contributed by atoms with Gasteiger partial charge in [-0.3, -0.25) is 4.79 Å². The van der Waals surface area contributed by atoms with Crippen molar-refractivity contribution in [3.05, 3.63) is 0 Å². The Morgan fingerprint density at radius 3 is 1.15 bits per heavy atom. The van der Waals surface area contributed by atoms with Crippen LogP contribution in [0.5, 0.6) is 0 Å². The molecule has 0 bridgehead atoms. The van der Waals surface area contributed by atoms with Crippen molar-refractivity contribution in [2.45, 2.75) is 110 Å². The van der Waals surface area contributed by atoms with Gasteiger partial charge in [-0.05, 0) is 6.42 Å². The maximum atomic E-state index is 10.3. The Morgan fingerprint density at radius 2 is 0.923 bits per heavy atom. The third-order valence-electron chi connectivity index (χ3n) is 3.99. The number of carboxylic acids is 1. The van der Waals surface area contributed by atoms with Gasteiger partial charge in [0.25, 0.3) is 0 Å². The van der Waals surface area contributed by atoms with Gasteiger partial charge < -0.3 is 24.3 Å². The summed E-state index contributed by atoms with van der Waals surface area (Å²) in [5, 5.41) is 8.52. The van der Waals surface area contributed by atoms with Crippen LogP contribution in [0, 0.1) is 0 Å². The fourth-order valence-electron chi connectivity index (χ4n) is 2.65. The van der Waals surface area contributed by atoms with Crippen LogP contribution in [0.25, 0.3) is 0 Å². The largest absolute Gasteiger partial charge is 2.00 e. The van der Waals surface area contributed by atoms with E-state index in [1.165, 1.54) is 83.5 Å². The number of hydrogen-bond acceptors (Lipinski definition) is 5. The Balaban J connectivity index is -0.000000772. The number of unbranched alkanes of at least 4 members (excludes halogenated alkanes) is 14. The minimum absolute atomic E-state index is 0. The number of aliphatic carboxylic acids is 1. The molecule has 0 aliphatic rings. The van der Waals surface area contributed by atoms with Crippen molar-refractivity contribution in [2.24, 2.45) is 0 Å². The van der Waals surface area contributed by atoms with Gasteiger partial charge in [0.1, 0.15) is 9.05 Å². The third-order valence-corrected chi connectivity index (χ3v) is 3.99. The molecule has 0 heterocycles. The molecule has 0 rings (SSSR count). The molecule has 0 aromatic carbocycles. The second kappa shape index (κ2) is 23.3. The molecule has 0 saturated heterocycles. The summed E-state index contributed by atoms with van der Waals surface area (Å²) < 4.78 is 0. The summed E-state index contributed by atoms with van der Waals surface area (Å²) in [5.41, 5.74) is 0. The van der Waals surface area contributed by atoms with Gasteiger partial charge in [-0.1, -0.05) is 96.8 Å². The van der Waals surface area contributed by atoms with Gasteiger partial charge in [0.05, 0.1) is 0 Å². The van der Waals surface area contributed by atoms with Crippen LogP contribution < -0.4 is 9.59 Å². The second-order valence-electron chi connectivity index (χ2n) is 6.64. The fourth-order valence-corrected chi connectivity index (χ4v) is 2.65. The van der Waals surface area contributed by atoms with Crippen molar-refractivity contribution in [2.75, 3.05) is 0 Å². The summed E-state index contributed by atoms with van der Waals surface area (Å²) >= 11 is 0. The molecule has 0 atom stereocenters. The van der Waals surface area contributed by atoms with E-state index in [0.29, 0.717) is 6.42 Å². The molecule has 0 fully saturated rings. The van der Waals surface area contributed by atoms with Crippen LogP contribution in [0.15, 0.2) is 0 Å². The molecule has 3 N–H and O–H groups in total. The van der Waals surface area contributed by atoms with Crippen molar-refractivity contribution in [1.82, 2.24) is 0 Å². The Bertz CT molecular complexity index is 281. The summed E-state index contributed by atoms with van der Waals surface area (Å²) in [6.45, 7) is 2.27. The Labute approximate surface area is 176 Å². The van der Waals surface area contributed by atoms with E-state index in [9.17, 15) is 4.79 Å². The summed E-state index contributed by atoms with van der Waals surface area (Å²) in [5.74, 6) is -0.653. The first-order valence-electron chi connectivity index (χ1n) is 9.84. The molecule has 6 nitrogen and oxygen atoms in total. The zero-order chi connectivity index (χ0) is 19.4. The van der Waals surface area contributed by atoms with Crippen LogP contribution >= 0.6 is 0 Å². The van der Waals surface area contributed by atoms with Crippen LogP contribution in [0.3, 0.4) is 0 Å². The first-order valence-corrected chi connectivity index (χ1v) is 11.6. The first kappa shape index (κ1) is 31.0. The van der Waals surface area contributed by atoms with E-state index in [4.69, 9.17) is 24.3 Å². The zero-order valence-electron chi connectivity index (χ0n) is 16.6. The summed E-state index contributed by atoms with van der Waals surface area (Å²) in [6, 6.07) is 0. The van der Waals surface area contributed by atoms with Gasteiger partial charge in [0.15, 0.2) is 0 Å². The predicted octanol–water partition coefficient (Wildman–Crippen LogP) is 2.08. The number of carbonyl (C=O) groups is 1. The van der Waals surface area contributed by atoms with Gasteiger partial charge in [-0.25, -0.2) is 0 Å². The molecule has 26 heavy (non-hydrogen) atoms. The van der Waals surface area contributed by atoms with Crippen molar-refractivity contribution in [3.8, 4) is 0 Å². The van der Waals surface area contributed by atoms with Crippen molar-refractivity contribution >= 4 is 38.1 Å². The van der Waals surface area contributed by atoms with E-state index < -0.39 is 15.0 Å². The predicted molar refractivity (Wildman–Crippen MR) is 103 cm³/mol. The molecule has 0 aliphatic heterocycles. The van der Waals surface area contributed by atoms with E-state index in [2.05, 4.69) is 6.92 Å². The molecule has 0 aliphatic carbocycles. The van der Waals surface area contributed by atoms with Gasteiger partial charge >= 0.3 is 29.0 Å². The molecule has 0 aromatic rings. The van der Waals surface area contributed by atoms with Crippen molar-refractivity contribution in [1.29, 1.82) is 0 Å². The Kier molecular flexibility index (Phi) is 27.8. The van der Waals surface area contributed by atoms with Gasteiger partial charge in [-0.2, -0.15) is 0 Å². The molecule has 0 radical (unpaired) electrons. The molecule has 0 aromatic heterocycles. The zero-order valence-corrected chi connectivity index (χ0v) is 19.0. The van der Waals surface area contributed by atoms with Crippen LogP contribution in [-0.2, 0) is 4.79 Å². The van der Waals surface area contributed by atoms with E-state index in [0.717, 1.165) is 12.8 Å². The second-order valence-corrected chi connectivity index (χ2v) is 7.74. The van der Waals surface area contributed by atoms with Crippen molar-refractivity contribution in [3.63, 3.8) is 0 Å². The topological polar surface area (TPSA) is 124 Å². The average molecular weight is 403 g/mol. The molecule has 0 unspecified atom stereocenters. The monoisotopic (exact) mass is 402 g/mol. The van der Waals surface area contributed by atoms with Gasteiger partial charge in [-0.15, -0.1) is 0 Å². The van der Waals surface area contributed by atoms with Crippen LogP contribution in [0.2, 0.25) is 0 Å². The van der Waals surface area contributed by atoms with Crippen LogP contribution in [-0.4, -0.2) is 52.8 Å². The Morgan fingerprint density at radius 1 is 0.692 bits per heavy atom. The fraction of sp³-hybridized carbons (Fsp3) is 0.944. The van der Waals surface area contributed by atoms with E-state index in [-0.39, 0.29) is 23.1 Å². The summed E-state index contributed by atoms with van der Waals surface area (Å²) in [7, 11) is -5.11. The third kappa shape index (κ3) is 44.1. The molecule has 0 saturated carbocycles. The normalized spacial score (nSPS) is 10.7. The minimum Gasteiger partial charge on any atom is -0.828 e. The maximum Gasteiger partial charge on any atom is 2.00 e. The van der Waals surface area contributed by atoms with E-state index in [1.807, 2.05) is 0 Å².